The molecule has 0 fully saturated rings. The van der Waals surface area contributed by atoms with Crippen LogP contribution in [0, 0.1) is 0 Å². The van der Waals surface area contributed by atoms with Crippen molar-refractivity contribution >= 4 is 17.7 Å². The van der Waals surface area contributed by atoms with Crippen LogP contribution in [0.15, 0.2) is 47.4 Å². The van der Waals surface area contributed by atoms with Crippen molar-refractivity contribution in [3.8, 4) is 11.5 Å². The molecule has 0 aliphatic heterocycles. The van der Waals surface area contributed by atoms with E-state index in [9.17, 15) is 15.0 Å². The molecule has 2 aromatic carbocycles. The fourth-order valence-electron chi connectivity index (χ4n) is 3.54. The molecule has 2 N–H and O–H groups in total. The molecule has 5 heteroatoms. The minimum Gasteiger partial charge on any atom is -0.507 e. The van der Waals surface area contributed by atoms with Gasteiger partial charge in [0, 0.05) is 16.0 Å². The van der Waals surface area contributed by atoms with Crippen molar-refractivity contribution in [3.63, 3.8) is 0 Å². The summed E-state index contributed by atoms with van der Waals surface area (Å²) in [5.41, 5.74) is 0.366. The van der Waals surface area contributed by atoms with E-state index in [2.05, 4.69) is 53.7 Å². The lowest BCUT2D eigenvalue weighted by molar-refractivity contribution is -0.154. The summed E-state index contributed by atoms with van der Waals surface area (Å²) < 4.78 is 5.81. The largest absolute Gasteiger partial charge is 0.507 e. The second kappa shape index (κ2) is 10.2. The van der Waals surface area contributed by atoms with Crippen LogP contribution in [0.5, 0.6) is 11.5 Å². The molecular weight excluding hydrogens is 420 g/mol. The van der Waals surface area contributed by atoms with Crippen LogP contribution >= 0.6 is 11.8 Å². The fraction of sp³-hybridized carbons (Fsp3) is 0.519. The number of carboxylic acid groups (broad SMARTS) is 1. The predicted octanol–water partition coefficient (Wildman–Crippen LogP) is 7.17. The Kier molecular flexibility index (Phi) is 8.33. The number of phenolic OH excluding ortho intramolecular Hbond substituents is 1. The molecule has 0 amide bonds. The standard InChI is InChI=1S/C27H38O4S/c1-25(2,3)21-17-20(18-22(23(21)28)26(4,5)6)32-16-12-11-15-27(7,24(29)30)31-19-13-9-8-10-14-19/h8-10,13-14,17-18,28H,11-12,15-16H2,1-7H3,(H,29,30). The number of unbranched alkanes of at least 4 members (excludes halogenated alkanes) is 1. The third kappa shape index (κ3) is 6.93. The molecule has 0 aliphatic rings. The summed E-state index contributed by atoms with van der Waals surface area (Å²) in [7, 11) is 0. The van der Waals surface area contributed by atoms with E-state index in [1.54, 1.807) is 30.8 Å². The average molecular weight is 459 g/mol. The molecule has 0 bridgehead atoms. The van der Waals surface area contributed by atoms with E-state index in [0.29, 0.717) is 17.9 Å². The predicted molar refractivity (Wildman–Crippen MR) is 133 cm³/mol. The molecule has 2 rings (SSSR count). The lowest BCUT2D eigenvalue weighted by Crippen LogP contribution is -2.41. The van der Waals surface area contributed by atoms with Crippen molar-refractivity contribution in [2.24, 2.45) is 0 Å². The van der Waals surface area contributed by atoms with Crippen molar-refractivity contribution < 1.29 is 19.7 Å². The summed E-state index contributed by atoms with van der Waals surface area (Å²) in [6.45, 7) is 14.3. The van der Waals surface area contributed by atoms with E-state index in [4.69, 9.17) is 4.74 Å². The van der Waals surface area contributed by atoms with Gasteiger partial charge in [-0.3, -0.25) is 0 Å². The molecule has 176 valence electrons. The van der Waals surface area contributed by atoms with E-state index >= 15 is 0 Å². The number of para-hydroxylation sites is 1. The van der Waals surface area contributed by atoms with Gasteiger partial charge in [0.15, 0.2) is 0 Å². The van der Waals surface area contributed by atoms with E-state index in [1.807, 2.05) is 18.2 Å². The maximum Gasteiger partial charge on any atom is 0.347 e. The van der Waals surface area contributed by atoms with Gasteiger partial charge in [-0.2, -0.15) is 0 Å². The Balaban J connectivity index is 2.03. The quantitative estimate of drug-likeness (QED) is 0.308. The first-order valence-corrected chi connectivity index (χ1v) is 12.2. The topological polar surface area (TPSA) is 66.8 Å². The summed E-state index contributed by atoms with van der Waals surface area (Å²) >= 11 is 1.75. The van der Waals surface area contributed by atoms with Crippen LogP contribution in [-0.4, -0.2) is 27.5 Å². The number of ether oxygens (including phenoxy) is 1. The Labute approximate surface area is 197 Å². The molecule has 1 atom stereocenters. The Bertz CT molecular complexity index is 874. The molecule has 32 heavy (non-hydrogen) atoms. The monoisotopic (exact) mass is 458 g/mol. The van der Waals surface area contributed by atoms with Crippen molar-refractivity contribution in [2.75, 3.05) is 5.75 Å². The second-order valence-corrected chi connectivity index (χ2v) is 11.8. The van der Waals surface area contributed by atoms with Gasteiger partial charge in [-0.15, -0.1) is 11.8 Å². The van der Waals surface area contributed by atoms with Crippen molar-refractivity contribution in [2.45, 2.75) is 89.1 Å². The fourth-order valence-corrected chi connectivity index (χ4v) is 4.53. The van der Waals surface area contributed by atoms with Crippen LogP contribution in [0.4, 0.5) is 0 Å². The van der Waals surface area contributed by atoms with Crippen LogP contribution in [0.2, 0.25) is 0 Å². The van der Waals surface area contributed by atoms with Gasteiger partial charge in [0.05, 0.1) is 0 Å². The Morgan fingerprint density at radius 2 is 1.44 bits per heavy atom. The third-order valence-electron chi connectivity index (χ3n) is 5.56. The number of carboxylic acids is 1. The summed E-state index contributed by atoms with van der Waals surface area (Å²) in [4.78, 5) is 13.0. The van der Waals surface area contributed by atoms with Gasteiger partial charge < -0.3 is 14.9 Å². The second-order valence-electron chi connectivity index (χ2n) is 10.6. The molecule has 0 spiro atoms. The number of aromatic hydroxyl groups is 1. The summed E-state index contributed by atoms with van der Waals surface area (Å²) in [6.07, 6.45) is 2.06. The van der Waals surface area contributed by atoms with Crippen LogP contribution in [0.25, 0.3) is 0 Å². The SMILES string of the molecule is CC(CCCCSc1cc(C(C)(C)C)c(O)c(C(C)(C)C)c1)(Oc1ccccc1)C(=O)O. The minimum absolute atomic E-state index is 0.154. The van der Waals surface area contributed by atoms with Gasteiger partial charge in [-0.25, -0.2) is 4.79 Å². The van der Waals surface area contributed by atoms with Crippen LogP contribution in [0.3, 0.4) is 0 Å². The zero-order valence-electron chi connectivity index (χ0n) is 20.5. The van der Waals surface area contributed by atoms with Crippen molar-refractivity contribution in [3.05, 3.63) is 53.6 Å². The number of benzene rings is 2. The number of phenols is 1. The van der Waals surface area contributed by atoms with E-state index in [0.717, 1.165) is 34.6 Å². The lowest BCUT2D eigenvalue weighted by Gasteiger charge is -2.28. The van der Waals surface area contributed by atoms with Crippen molar-refractivity contribution in [1.29, 1.82) is 0 Å². The number of aliphatic carboxylic acids is 1. The normalized spacial score (nSPS) is 14.1. The number of carbonyl (C=O) groups is 1. The third-order valence-corrected chi connectivity index (χ3v) is 6.62. The zero-order valence-corrected chi connectivity index (χ0v) is 21.3. The number of thioether (sulfide) groups is 1. The Morgan fingerprint density at radius 1 is 0.906 bits per heavy atom. The zero-order chi connectivity index (χ0) is 24.2. The smallest absolute Gasteiger partial charge is 0.347 e. The number of rotatable bonds is 9. The van der Waals surface area contributed by atoms with Crippen molar-refractivity contribution in [1.82, 2.24) is 0 Å². The lowest BCUT2D eigenvalue weighted by atomic mass is 9.79. The van der Waals surface area contributed by atoms with E-state index < -0.39 is 11.6 Å². The molecule has 0 aromatic heterocycles. The first-order valence-electron chi connectivity index (χ1n) is 11.2. The Morgan fingerprint density at radius 3 is 1.91 bits per heavy atom. The van der Waals surface area contributed by atoms with Gasteiger partial charge in [0.1, 0.15) is 11.5 Å². The maximum atomic E-state index is 11.9. The Hall–Kier alpha value is -2.14. The van der Waals surface area contributed by atoms with Gasteiger partial charge in [-0.05, 0) is 67.0 Å². The van der Waals surface area contributed by atoms with Crippen LogP contribution in [0.1, 0.15) is 78.9 Å². The van der Waals surface area contributed by atoms with Gasteiger partial charge in [-0.1, -0.05) is 59.7 Å². The minimum atomic E-state index is -1.25. The van der Waals surface area contributed by atoms with Crippen LogP contribution in [-0.2, 0) is 15.6 Å². The molecule has 0 heterocycles. The maximum absolute atomic E-state index is 11.9. The van der Waals surface area contributed by atoms with Gasteiger partial charge >= 0.3 is 5.97 Å². The highest BCUT2D eigenvalue weighted by Gasteiger charge is 2.35. The highest BCUT2D eigenvalue weighted by molar-refractivity contribution is 7.99. The molecule has 2 aromatic rings. The number of hydrogen-bond acceptors (Lipinski definition) is 4. The van der Waals surface area contributed by atoms with Gasteiger partial charge in [0.25, 0.3) is 0 Å². The van der Waals surface area contributed by atoms with E-state index in [-0.39, 0.29) is 10.8 Å². The molecule has 1 unspecified atom stereocenters. The summed E-state index contributed by atoms with van der Waals surface area (Å²) in [5.74, 6) is 0.890. The molecule has 0 saturated heterocycles. The highest BCUT2D eigenvalue weighted by atomic mass is 32.2. The highest BCUT2D eigenvalue weighted by Crippen LogP contribution is 2.42. The molecule has 0 aliphatic carbocycles. The first-order chi connectivity index (χ1) is 14.7. The average Bonchev–Trinajstić information content (AvgIpc) is 2.67. The first kappa shape index (κ1) is 26.1. The van der Waals surface area contributed by atoms with Crippen LogP contribution < -0.4 is 4.74 Å². The molecule has 4 nitrogen and oxygen atoms in total. The molecule has 0 radical (unpaired) electrons. The van der Waals surface area contributed by atoms with Gasteiger partial charge in [0.2, 0.25) is 5.60 Å². The van der Waals surface area contributed by atoms with E-state index in [1.165, 1.54) is 0 Å². The summed E-state index contributed by atoms with van der Waals surface area (Å²) in [5, 5.41) is 20.6. The molecule has 0 saturated carbocycles. The number of hydrogen-bond donors (Lipinski definition) is 2. The summed E-state index contributed by atoms with van der Waals surface area (Å²) in [6, 6.07) is 13.3. The molecular formula is C27H38O4S.